The minimum Gasteiger partial charge on any atom is -0.465 e. The number of carbonyl (C=O) groups excluding carboxylic acids is 2. The van der Waals surface area contributed by atoms with Gasteiger partial charge in [0.2, 0.25) is 0 Å². The summed E-state index contributed by atoms with van der Waals surface area (Å²) in [6.07, 6.45) is 2.35. The van der Waals surface area contributed by atoms with Crippen LogP contribution in [0.15, 0.2) is 53.6 Å². The van der Waals surface area contributed by atoms with Crippen LogP contribution in [0.3, 0.4) is 0 Å². The zero-order chi connectivity index (χ0) is 23.5. The van der Waals surface area contributed by atoms with Crippen LogP contribution >= 0.6 is 0 Å². The molecule has 1 amide bonds. The molecule has 0 fully saturated rings. The second kappa shape index (κ2) is 9.07. The van der Waals surface area contributed by atoms with E-state index in [2.05, 4.69) is 20.4 Å². The van der Waals surface area contributed by atoms with E-state index in [-0.39, 0.29) is 23.3 Å². The minimum absolute atomic E-state index is 0.0273. The van der Waals surface area contributed by atoms with Gasteiger partial charge in [0.25, 0.3) is 5.91 Å². The first-order valence-corrected chi connectivity index (χ1v) is 10.5. The van der Waals surface area contributed by atoms with Gasteiger partial charge in [0, 0.05) is 6.04 Å². The molecule has 0 saturated heterocycles. The summed E-state index contributed by atoms with van der Waals surface area (Å²) in [6.45, 7) is 3.91. The van der Waals surface area contributed by atoms with Gasteiger partial charge in [0.1, 0.15) is 16.9 Å². The lowest BCUT2D eigenvalue weighted by atomic mass is 10.1. The van der Waals surface area contributed by atoms with E-state index in [0.717, 1.165) is 12.0 Å². The van der Waals surface area contributed by atoms with Gasteiger partial charge < -0.3 is 15.8 Å². The molecule has 2 heterocycles. The van der Waals surface area contributed by atoms with E-state index >= 15 is 0 Å². The van der Waals surface area contributed by atoms with Crippen molar-refractivity contribution >= 4 is 46.1 Å². The smallest absolute Gasteiger partial charge is 0.337 e. The van der Waals surface area contributed by atoms with Crippen molar-refractivity contribution in [3.8, 4) is 0 Å². The molecule has 1 atom stereocenters. The second-order valence-electron chi connectivity index (χ2n) is 7.60. The number of anilines is 1. The number of amides is 1. The molecular weight excluding hydrogens is 420 g/mol. The Balaban J connectivity index is 1.82. The Labute approximate surface area is 190 Å². The highest BCUT2D eigenvalue weighted by molar-refractivity contribution is 6.10. The van der Waals surface area contributed by atoms with Crippen LogP contribution in [0.5, 0.6) is 0 Å². The quantitative estimate of drug-likeness (QED) is 0.347. The maximum Gasteiger partial charge on any atom is 0.337 e. The van der Waals surface area contributed by atoms with Crippen LogP contribution < -0.4 is 11.1 Å². The Hall–Kier alpha value is -4.27. The van der Waals surface area contributed by atoms with Gasteiger partial charge in [-0.3, -0.25) is 4.79 Å². The maximum atomic E-state index is 13.0. The van der Waals surface area contributed by atoms with Crippen LogP contribution in [0.4, 0.5) is 5.82 Å². The van der Waals surface area contributed by atoms with Gasteiger partial charge >= 0.3 is 5.97 Å². The number of hydrogen-bond donors (Lipinski definition) is 2. The van der Waals surface area contributed by atoms with Crippen LogP contribution in [0.1, 0.15) is 46.5 Å². The van der Waals surface area contributed by atoms with Crippen LogP contribution in [-0.2, 0) is 4.74 Å². The third-order valence-corrected chi connectivity index (χ3v) is 5.34. The summed E-state index contributed by atoms with van der Waals surface area (Å²) in [6, 6.07) is 14.1. The Morgan fingerprint density at radius 3 is 2.45 bits per heavy atom. The predicted octanol–water partition coefficient (Wildman–Crippen LogP) is 3.36. The number of para-hydroxylation sites is 2. The number of nitrogens with one attached hydrogen (secondary N) is 1. The van der Waals surface area contributed by atoms with Crippen LogP contribution in [0.25, 0.3) is 22.2 Å². The number of fused-ring (bicyclic) bond motifs is 2. The van der Waals surface area contributed by atoms with Crippen LogP contribution in [0.2, 0.25) is 0 Å². The fourth-order valence-corrected chi connectivity index (χ4v) is 3.33. The Morgan fingerprint density at radius 2 is 1.82 bits per heavy atom. The van der Waals surface area contributed by atoms with Crippen molar-refractivity contribution in [2.75, 3.05) is 12.8 Å². The molecule has 0 saturated carbocycles. The van der Waals surface area contributed by atoms with E-state index < -0.39 is 5.97 Å². The van der Waals surface area contributed by atoms with Gasteiger partial charge in [-0.05, 0) is 43.2 Å². The van der Waals surface area contributed by atoms with Crippen LogP contribution in [-0.4, -0.2) is 45.9 Å². The van der Waals surface area contributed by atoms with E-state index in [1.165, 1.54) is 11.8 Å². The minimum atomic E-state index is -0.418. The Kier molecular flexibility index (Phi) is 6.03. The average molecular weight is 444 g/mol. The maximum absolute atomic E-state index is 13.0. The first-order valence-electron chi connectivity index (χ1n) is 10.5. The second-order valence-corrected chi connectivity index (χ2v) is 7.60. The molecule has 33 heavy (non-hydrogen) atoms. The van der Waals surface area contributed by atoms with Crippen molar-refractivity contribution < 1.29 is 14.3 Å². The fraction of sp³-hybridized carbons (Fsp3) is 0.208. The molecule has 9 nitrogen and oxygen atoms in total. The summed E-state index contributed by atoms with van der Waals surface area (Å²) in [4.78, 5) is 34.0. The lowest BCUT2D eigenvalue weighted by Gasteiger charge is -2.11. The molecule has 2 aromatic heterocycles. The number of benzene rings is 2. The van der Waals surface area contributed by atoms with Crippen molar-refractivity contribution in [2.45, 2.75) is 26.3 Å². The zero-order valence-corrected chi connectivity index (χ0v) is 18.6. The van der Waals surface area contributed by atoms with Crippen molar-refractivity contribution in [2.24, 2.45) is 5.10 Å². The van der Waals surface area contributed by atoms with E-state index in [4.69, 9.17) is 10.5 Å². The summed E-state index contributed by atoms with van der Waals surface area (Å²) in [7, 11) is 1.33. The molecule has 0 spiro atoms. The standard InChI is InChI=1S/C24H24N6O3/c1-4-14(2)27-23(31)19-20-22(29-18-8-6-5-7-17(18)28-20)30(21(19)25)26-13-15-9-11-16(12-10-15)24(32)33-3/h5-14H,4,25H2,1-3H3,(H,27,31)/b26-13+. The molecule has 0 aliphatic heterocycles. The monoisotopic (exact) mass is 444 g/mol. The highest BCUT2D eigenvalue weighted by atomic mass is 16.5. The summed E-state index contributed by atoms with van der Waals surface area (Å²) in [5.74, 6) is -0.602. The molecule has 0 bridgehead atoms. The van der Waals surface area contributed by atoms with Crippen LogP contribution in [0, 0.1) is 0 Å². The molecule has 0 radical (unpaired) electrons. The van der Waals surface area contributed by atoms with E-state index in [1.807, 2.05) is 38.1 Å². The number of esters is 1. The van der Waals surface area contributed by atoms with Gasteiger partial charge in [-0.2, -0.15) is 9.78 Å². The lowest BCUT2D eigenvalue weighted by molar-refractivity contribution is 0.0600. The summed E-state index contributed by atoms with van der Waals surface area (Å²) in [5, 5.41) is 7.42. The summed E-state index contributed by atoms with van der Waals surface area (Å²) >= 11 is 0. The average Bonchev–Trinajstić information content (AvgIpc) is 3.10. The molecule has 4 aromatic rings. The largest absolute Gasteiger partial charge is 0.465 e. The van der Waals surface area contributed by atoms with Gasteiger partial charge in [-0.25, -0.2) is 14.8 Å². The molecule has 3 N–H and O–H groups in total. The van der Waals surface area contributed by atoms with Gasteiger partial charge in [0.05, 0.1) is 29.9 Å². The topological polar surface area (TPSA) is 124 Å². The number of carbonyl (C=O) groups is 2. The third kappa shape index (κ3) is 4.25. The Bertz CT molecular complexity index is 1370. The zero-order valence-electron chi connectivity index (χ0n) is 18.6. The van der Waals surface area contributed by atoms with E-state index in [0.29, 0.717) is 27.8 Å². The number of nitrogens with zero attached hydrogens (tertiary/aromatic N) is 4. The Morgan fingerprint density at radius 1 is 1.15 bits per heavy atom. The number of aromatic nitrogens is 3. The molecule has 1 unspecified atom stereocenters. The first-order chi connectivity index (χ1) is 15.9. The molecule has 0 aliphatic rings. The highest BCUT2D eigenvalue weighted by Gasteiger charge is 2.24. The molecule has 4 rings (SSSR count). The van der Waals surface area contributed by atoms with Gasteiger partial charge in [-0.15, -0.1) is 0 Å². The number of nitrogens with two attached hydrogens (primary N) is 1. The SMILES string of the molecule is CCC(C)NC(=O)c1c(N)n(/N=C/c2ccc(C(=O)OC)cc2)c2nc3ccccc3nc12. The van der Waals surface area contributed by atoms with E-state index in [1.54, 1.807) is 30.5 Å². The molecule has 2 aromatic carbocycles. The van der Waals surface area contributed by atoms with Crippen molar-refractivity contribution in [1.29, 1.82) is 0 Å². The van der Waals surface area contributed by atoms with E-state index in [9.17, 15) is 9.59 Å². The van der Waals surface area contributed by atoms with Crippen molar-refractivity contribution in [3.05, 3.63) is 65.2 Å². The fourth-order valence-electron chi connectivity index (χ4n) is 3.33. The number of ether oxygens (including phenoxy) is 1. The normalized spacial score (nSPS) is 12.3. The number of hydrogen-bond acceptors (Lipinski definition) is 7. The number of rotatable bonds is 6. The third-order valence-electron chi connectivity index (χ3n) is 5.34. The predicted molar refractivity (Wildman–Crippen MR) is 127 cm³/mol. The summed E-state index contributed by atoms with van der Waals surface area (Å²) in [5.41, 5.74) is 9.86. The molecule has 9 heteroatoms. The number of methoxy groups -OCH3 is 1. The number of nitrogen functional groups attached to an aromatic ring is 1. The molecule has 0 aliphatic carbocycles. The highest BCUT2D eigenvalue weighted by Crippen LogP contribution is 2.28. The van der Waals surface area contributed by atoms with Crippen molar-refractivity contribution in [1.82, 2.24) is 20.0 Å². The molecular formula is C24H24N6O3. The summed E-state index contributed by atoms with van der Waals surface area (Å²) < 4.78 is 6.13. The lowest BCUT2D eigenvalue weighted by Crippen LogP contribution is -2.32. The first kappa shape index (κ1) is 21.9. The van der Waals surface area contributed by atoms with Gasteiger partial charge in [0.15, 0.2) is 5.65 Å². The molecule has 168 valence electrons. The van der Waals surface area contributed by atoms with Gasteiger partial charge in [-0.1, -0.05) is 31.2 Å². The van der Waals surface area contributed by atoms with Crippen molar-refractivity contribution in [3.63, 3.8) is 0 Å².